The maximum Gasteiger partial charge on any atom is 0.226 e. The topological polar surface area (TPSA) is 64.1 Å². The highest BCUT2D eigenvalue weighted by atomic mass is 32.2. The number of hydrogen-bond acceptors (Lipinski definition) is 6. The Hall–Kier alpha value is -1.60. The van der Waals surface area contributed by atoms with Crippen molar-refractivity contribution in [2.24, 2.45) is 11.3 Å². The fraction of sp³-hybridized carbons (Fsp3) is 0.526. The van der Waals surface area contributed by atoms with Gasteiger partial charge in [0.2, 0.25) is 11.0 Å². The number of thioether (sulfide) groups is 1. The Bertz CT molecular complexity index is 726. The van der Waals surface area contributed by atoms with Crippen LogP contribution >= 0.6 is 23.1 Å². The number of nitrogens with zero attached hydrogens (tertiary/aromatic N) is 2. The predicted molar refractivity (Wildman–Crippen MR) is 109 cm³/mol. The molecule has 5 nitrogen and oxygen atoms in total. The molecule has 0 unspecified atom stereocenters. The molecule has 0 fully saturated rings. The molecule has 1 aromatic carbocycles. The highest BCUT2D eigenvalue weighted by molar-refractivity contribution is 8.00. The van der Waals surface area contributed by atoms with E-state index in [9.17, 15) is 4.79 Å². The van der Waals surface area contributed by atoms with Gasteiger partial charge in [-0.1, -0.05) is 62.9 Å². The first-order valence-electron chi connectivity index (χ1n) is 8.64. The Balaban J connectivity index is 1.82. The summed E-state index contributed by atoms with van der Waals surface area (Å²) in [4.78, 5) is 12.2. The normalized spacial score (nSPS) is 12.7. The molecule has 1 N–H and O–H groups in total. The van der Waals surface area contributed by atoms with E-state index >= 15 is 0 Å². The lowest BCUT2D eigenvalue weighted by molar-refractivity contribution is -0.117. The molecule has 142 valence electrons. The van der Waals surface area contributed by atoms with E-state index < -0.39 is 0 Å². The molecule has 1 aromatic heterocycles. The smallest absolute Gasteiger partial charge is 0.226 e. The highest BCUT2D eigenvalue weighted by Crippen LogP contribution is 2.30. The summed E-state index contributed by atoms with van der Waals surface area (Å²) >= 11 is 3.01. The van der Waals surface area contributed by atoms with E-state index in [0.717, 1.165) is 27.8 Å². The molecule has 0 radical (unpaired) electrons. The van der Waals surface area contributed by atoms with Crippen LogP contribution in [0.4, 0.5) is 5.13 Å². The third-order valence-corrected chi connectivity index (χ3v) is 5.69. The lowest BCUT2D eigenvalue weighted by Crippen LogP contribution is -2.18. The number of anilines is 1. The van der Waals surface area contributed by atoms with Gasteiger partial charge in [0.15, 0.2) is 4.34 Å². The molecule has 0 aliphatic rings. The largest absolute Gasteiger partial charge is 0.497 e. The first-order valence-corrected chi connectivity index (χ1v) is 10.4. The van der Waals surface area contributed by atoms with Gasteiger partial charge in [0.25, 0.3) is 0 Å². The van der Waals surface area contributed by atoms with Gasteiger partial charge in [-0.2, -0.15) is 0 Å². The molecule has 0 saturated carbocycles. The van der Waals surface area contributed by atoms with Crippen LogP contribution in [-0.4, -0.2) is 23.2 Å². The minimum atomic E-state index is 0.00208. The third kappa shape index (κ3) is 7.33. The van der Waals surface area contributed by atoms with Gasteiger partial charge >= 0.3 is 0 Å². The molecule has 0 bridgehead atoms. The summed E-state index contributed by atoms with van der Waals surface area (Å²) in [5.74, 6) is 1.97. The van der Waals surface area contributed by atoms with Gasteiger partial charge in [0.05, 0.1) is 7.11 Å². The zero-order chi connectivity index (χ0) is 19.2. The maximum absolute atomic E-state index is 12.2. The van der Waals surface area contributed by atoms with Crippen molar-refractivity contribution in [2.75, 3.05) is 12.4 Å². The van der Waals surface area contributed by atoms with E-state index in [1.54, 1.807) is 18.9 Å². The zero-order valence-corrected chi connectivity index (χ0v) is 17.7. The standard InChI is InChI=1S/C19H27N3O2S2/c1-13(11-19(2,3)4)9-16(23)20-17-21-22-18(26-17)25-12-14-7-6-8-15(10-14)24-5/h6-8,10,13H,9,11-12H2,1-5H3,(H,20,21,23)/t13-/m1/s1. The van der Waals surface area contributed by atoms with Crippen molar-refractivity contribution in [2.45, 2.75) is 50.6 Å². The molecule has 2 aromatic rings. The van der Waals surface area contributed by atoms with Gasteiger partial charge in [-0.3, -0.25) is 4.79 Å². The van der Waals surface area contributed by atoms with Gasteiger partial charge in [0, 0.05) is 12.2 Å². The minimum absolute atomic E-state index is 0.00208. The lowest BCUT2D eigenvalue weighted by Gasteiger charge is -2.22. The number of nitrogens with one attached hydrogen (secondary N) is 1. The number of benzene rings is 1. The number of methoxy groups -OCH3 is 1. The van der Waals surface area contributed by atoms with Gasteiger partial charge in [-0.05, 0) is 35.4 Å². The molecule has 0 saturated heterocycles. The molecule has 1 amide bonds. The van der Waals surface area contributed by atoms with Crippen molar-refractivity contribution in [1.29, 1.82) is 0 Å². The Morgan fingerprint density at radius 1 is 1.35 bits per heavy atom. The summed E-state index contributed by atoms with van der Waals surface area (Å²) in [6.45, 7) is 8.69. The second kappa shape index (κ2) is 9.37. The molecule has 26 heavy (non-hydrogen) atoms. The Morgan fingerprint density at radius 2 is 2.12 bits per heavy atom. The average molecular weight is 394 g/mol. The van der Waals surface area contributed by atoms with Crippen LogP contribution in [0.2, 0.25) is 0 Å². The third-order valence-electron chi connectivity index (χ3n) is 3.64. The van der Waals surface area contributed by atoms with Gasteiger partial charge < -0.3 is 10.1 Å². The van der Waals surface area contributed by atoms with Crippen LogP contribution in [0.5, 0.6) is 5.75 Å². The second-order valence-corrected chi connectivity index (χ2v) is 9.84. The molecule has 2 rings (SSSR count). The molecule has 7 heteroatoms. The number of hydrogen-bond donors (Lipinski definition) is 1. The molecule has 1 atom stereocenters. The van der Waals surface area contributed by atoms with Crippen molar-refractivity contribution >= 4 is 34.1 Å². The SMILES string of the molecule is COc1cccc(CSc2nnc(NC(=O)C[C@@H](C)CC(C)(C)C)s2)c1. The number of carbonyl (C=O) groups is 1. The molecule has 0 aliphatic heterocycles. The van der Waals surface area contributed by atoms with Crippen molar-refractivity contribution in [3.63, 3.8) is 0 Å². The summed E-state index contributed by atoms with van der Waals surface area (Å²) in [7, 11) is 1.66. The van der Waals surface area contributed by atoms with Crippen molar-refractivity contribution < 1.29 is 9.53 Å². The monoisotopic (exact) mass is 393 g/mol. The first-order chi connectivity index (χ1) is 12.2. The van der Waals surface area contributed by atoms with Crippen LogP contribution < -0.4 is 10.1 Å². The Labute approximate surface area is 163 Å². The molecule has 0 aliphatic carbocycles. The number of amides is 1. The number of aromatic nitrogens is 2. The zero-order valence-electron chi connectivity index (χ0n) is 16.0. The quantitative estimate of drug-likeness (QED) is 0.491. The maximum atomic E-state index is 12.2. The minimum Gasteiger partial charge on any atom is -0.497 e. The summed E-state index contributed by atoms with van der Waals surface area (Å²) in [5.41, 5.74) is 1.39. The van der Waals surface area contributed by atoms with E-state index in [0.29, 0.717) is 17.5 Å². The van der Waals surface area contributed by atoms with Crippen LogP contribution in [0.1, 0.15) is 46.1 Å². The van der Waals surface area contributed by atoms with Crippen LogP contribution in [0, 0.1) is 11.3 Å². The number of ether oxygens (including phenoxy) is 1. The van der Waals surface area contributed by atoms with Crippen LogP contribution in [0.15, 0.2) is 28.6 Å². The van der Waals surface area contributed by atoms with E-state index in [4.69, 9.17) is 4.74 Å². The van der Waals surface area contributed by atoms with E-state index in [2.05, 4.69) is 49.3 Å². The van der Waals surface area contributed by atoms with Gasteiger partial charge in [0.1, 0.15) is 5.75 Å². The van der Waals surface area contributed by atoms with Crippen LogP contribution in [0.25, 0.3) is 0 Å². The van der Waals surface area contributed by atoms with E-state index in [1.807, 2.05) is 18.2 Å². The fourth-order valence-electron chi connectivity index (χ4n) is 2.83. The second-order valence-electron chi connectivity index (χ2n) is 7.64. The molecular formula is C19H27N3O2S2. The molecule has 0 spiro atoms. The Morgan fingerprint density at radius 3 is 2.81 bits per heavy atom. The molecular weight excluding hydrogens is 366 g/mol. The summed E-state index contributed by atoms with van der Waals surface area (Å²) in [6.07, 6.45) is 1.52. The lowest BCUT2D eigenvalue weighted by atomic mass is 9.84. The van der Waals surface area contributed by atoms with E-state index in [-0.39, 0.29) is 11.3 Å². The van der Waals surface area contributed by atoms with Crippen molar-refractivity contribution in [3.05, 3.63) is 29.8 Å². The summed E-state index contributed by atoms with van der Waals surface area (Å²) in [6, 6.07) is 7.95. The van der Waals surface area contributed by atoms with Crippen molar-refractivity contribution in [1.82, 2.24) is 10.2 Å². The fourth-order valence-corrected chi connectivity index (χ4v) is 4.54. The predicted octanol–water partition coefficient (Wildman–Crippen LogP) is 5.24. The van der Waals surface area contributed by atoms with E-state index in [1.165, 1.54) is 11.3 Å². The van der Waals surface area contributed by atoms with Gasteiger partial charge in [-0.25, -0.2) is 0 Å². The summed E-state index contributed by atoms with van der Waals surface area (Å²) < 4.78 is 6.07. The van der Waals surface area contributed by atoms with Crippen molar-refractivity contribution in [3.8, 4) is 5.75 Å². The summed E-state index contributed by atoms with van der Waals surface area (Å²) in [5, 5.41) is 11.7. The Kier molecular flexibility index (Phi) is 7.46. The van der Waals surface area contributed by atoms with Crippen LogP contribution in [-0.2, 0) is 10.5 Å². The molecule has 1 heterocycles. The average Bonchev–Trinajstić information content (AvgIpc) is 2.98. The highest BCUT2D eigenvalue weighted by Gasteiger charge is 2.18. The van der Waals surface area contributed by atoms with Gasteiger partial charge in [-0.15, -0.1) is 10.2 Å². The van der Waals surface area contributed by atoms with Crippen LogP contribution in [0.3, 0.4) is 0 Å². The number of carbonyl (C=O) groups excluding carboxylic acids is 1. The first kappa shape index (κ1) is 20.7. The number of rotatable bonds is 8.